The molecule has 7 N–H and O–H groups in total. The van der Waals surface area contributed by atoms with E-state index in [9.17, 15) is 14.4 Å². The molecule has 3 amide bonds. The van der Waals surface area contributed by atoms with Gasteiger partial charge in [-0.05, 0) is 65.1 Å². The first-order valence-corrected chi connectivity index (χ1v) is 12.9. The highest BCUT2D eigenvalue weighted by atomic mass is 16.5. The third-order valence-corrected chi connectivity index (χ3v) is 6.07. The van der Waals surface area contributed by atoms with E-state index in [1.165, 1.54) is 11.0 Å². The van der Waals surface area contributed by atoms with Gasteiger partial charge in [-0.2, -0.15) is 0 Å². The van der Waals surface area contributed by atoms with Crippen LogP contribution in [0.2, 0.25) is 0 Å². The average molecular weight is 542 g/mol. The van der Waals surface area contributed by atoms with Gasteiger partial charge in [0.2, 0.25) is 5.91 Å². The van der Waals surface area contributed by atoms with Gasteiger partial charge in [-0.15, -0.1) is 0 Å². The van der Waals surface area contributed by atoms with E-state index < -0.39 is 17.9 Å². The number of hydroxylamine groups is 1. The Morgan fingerprint density at radius 3 is 1.98 bits per heavy atom. The number of benzene rings is 3. The highest BCUT2D eigenvalue weighted by molar-refractivity contribution is 5.97. The monoisotopic (exact) mass is 541 g/mol. The molecule has 0 aromatic heterocycles. The van der Waals surface area contributed by atoms with Crippen LogP contribution in [0, 0.1) is 11.8 Å². The molecule has 3 aromatic carbocycles. The number of carbonyl (C=O) groups is 3. The molecule has 0 radical (unpaired) electrons. The number of amides is 3. The standard InChI is InChI=1S/C31H35N5O4/c1-31(2,3)25-14-8-23(9-15-25)19-33-20-28(37)34-26-16-10-22(11-17-26)5-4-21-6-12-24(13-7-21)29(38)35-27(18-32)30(39)36-40/h6-17,27,33,40H,18-20,32H2,1-3H3,(H,34,37)(H,35,38)(H,36,39)/t27-/m0/s1. The predicted molar refractivity (Wildman–Crippen MR) is 155 cm³/mol. The second kappa shape index (κ2) is 14.1. The zero-order valence-electron chi connectivity index (χ0n) is 22.9. The minimum absolute atomic E-state index is 0.109. The molecule has 9 nitrogen and oxygen atoms in total. The van der Waals surface area contributed by atoms with Crippen LogP contribution in [0.1, 0.15) is 53.4 Å². The van der Waals surface area contributed by atoms with Crippen molar-refractivity contribution in [2.45, 2.75) is 38.8 Å². The molecule has 3 rings (SSSR count). The summed E-state index contributed by atoms with van der Waals surface area (Å²) in [6, 6.07) is 21.1. The Kier molecular flexibility index (Phi) is 10.6. The molecule has 3 aromatic rings. The summed E-state index contributed by atoms with van der Waals surface area (Å²) in [6.45, 7) is 7.17. The van der Waals surface area contributed by atoms with Gasteiger partial charge in [0.05, 0.1) is 6.54 Å². The van der Waals surface area contributed by atoms with Crippen molar-refractivity contribution in [2.24, 2.45) is 5.73 Å². The van der Waals surface area contributed by atoms with Crippen LogP contribution < -0.4 is 27.2 Å². The first kappa shape index (κ1) is 30.1. The lowest BCUT2D eigenvalue weighted by atomic mass is 9.87. The van der Waals surface area contributed by atoms with Gasteiger partial charge in [0.15, 0.2) is 0 Å². The predicted octanol–water partition coefficient (Wildman–Crippen LogP) is 2.67. The molecule has 0 aliphatic carbocycles. The molecule has 0 aliphatic rings. The number of nitrogens with one attached hydrogen (secondary N) is 4. The van der Waals surface area contributed by atoms with Gasteiger partial charge in [-0.3, -0.25) is 19.6 Å². The fourth-order valence-electron chi connectivity index (χ4n) is 3.69. The van der Waals surface area contributed by atoms with E-state index in [2.05, 4.69) is 72.8 Å². The molecule has 0 bridgehead atoms. The second-order valence-corrected chi connectivity index (χ2v) is 10.2. The van der Waals surface area contributed by atoms with Crippen molar-refractivity contribution in [1.82, 2.24) is 16.1 Å². The van der Waals surface area contributed by atoms with Crippen molar-refractivity contribution in [3.05, 3.63) is 101 Å². The van der Waals surface area contributed by atoms with Crippen LogP contribution in [0.25, 0.3) is 0 Å². The van der Waals surface area contributed by atoms with Crippen LogP contribution in [0.4, 0.5) is 5.69 Å². The van der Waals surface area contributed by atoms with Crippen LogP contribution in [0.3, 0.4) is 0 Å². The number of carbonyl (C=O) groups excluding carboxylic acids is 3. The van der Waals surface area contributed by atoms with Crippen molar-refractivity contribution in [3.8, 4) is 11.8 Å². The molecule has 0 saturated carbocycles. The molecule has 0 heterocycles. The molecule has 0 unspecified atom stereocenters. The van der Waals surface area contributed by atoms with Crippen LogP contribution in [-0.2, 0) is 21.5 Å². The zero-order valence-corrected chi connectivity index (χ0v) is 22.9. The van der Waals surface area contributed by atoms with Gasteiger partial charge < -0.3 is 21.7 Å². The lowest BCUT2D eigenvalue weighted by Crippen LogP contribution is -2.50. The van der Waals surface area contributed by atoms with Gasteiger partial charge in [0.1, 0.15) is 6.04 Å². The van der Waals surface area contributed by atoms with E-state index in [-0.39, 0.29) is 24.4 Å². The highest BCUT2D eigenvalue weighted by Crippen LogP contribution is 2.22. The number of anilines is 1. The first-order valence-electron chi connectivity index (χ1n) is 12.9. The topological polar surface area (TPSA) is 146 Å². The lowest BCUT2D eigenvalue weighted by molar-refractivity contribution is -0.130. The molecular weight excluding hydrogens is 506 g/mol. The molecule has 1 atom stereocenters. The molecule has 40 heavy (non-hydrogen) atoms. The van der Waals surface area contributed by atoms with Crippen LogP contribution in [-0.4, -0.2) is 42.1 Å². The minimum atomic E-state index is -1.04. The van der Waals surface area contributed by atoms with Crippen molar-refractivity contribution in [2.75, 3.05) is 18.4 Å². The molecule has 0 spiro atoms. The molecular formula is C31H35N5O4. The van der Waals surface area contributed by atoms with Gasteiger partial charge in [-0.1, -0.05) is 56.9 Å². The van der Waals surface area contributed by atoms with Gasteiger partial charge >= 0.3 is 0 Å². The summed E-state index contributed by atoms with van der Waals surface area (Å²) in [6.07, 6.45) is 0. The largest absolute Gasteiger partial charge is 0.339 e. The lowest BCUT2D eigenvalue weighted by Gasteiger charge is -2.19. The quantitative estimate of drug-likeness (QED) is 0.140. The van der Waals surface area contributed by atoms with Crippen molar-refractivity contribution >= 4 is 23.4 Å². The van der Waals surface area contributed by atoms with Crippen molar-refractivity contribution < 1.29 is 19.6 Å². The summed E-state index contributed by atoms with van der Waals surface area (Å²) >= 11 is 0. The highest BCUT2D eigenvalue weighted by Gasteiger charge is 2.19. The van der Waals surface area contributed by atoms with E-state index in [1.54, 1.807) is 36.4 Å². The molecule has 208 valence electrons. The van der Waals surface area contributed by atoms with Crippen molar-refractivity contribution in [1.29, 1.82) is 0 Å². The Bertz CT molecular complexity index is 1370. The van der Waals surface area contributed by atoms with Gasteiger partial charge in [0.25, 0.3) is 11.8 Å². The maximum atomic E-state index is 12.3. The van der Waals surface area contributed by atoms with E-state index in [0.717, 1.165) is 11.1 Å². The Morgan fingerprint density at radius 2 is 1.45 bits per heavy atom. The zero-order chi connectivity index (χ0) is 29.1. The minimum Gasteiger partial charge on any atom is -0.339 e. The van der Waals surface area contributed by atoms with E-state index in [0.29, 0.717) is 23.4 Å². The Balaban J connectivity index is 1.47. The van der Waals surface area contributed by atoms with E-state index in [4.69, 9.17) is 10.9 Å². The van der Waals surface area contributed by atoms with E-state index in [1.807, 2.05) is 12.1 Å². The Morgan fingerprint density at radius 1 is 0.875 bits per heavy atom. The Labute approximate surface area is 234 Å². The number of rotatable bonds is 9. The SMILES string of the molecule is CC(C)(C)c1ccc(CNCC(=O)Nc2ccc(C#Cc3ccc(C(=O)N[C@@H](CN)C(=O)NO)cc3)cc2)cc1. The van der Waals surface area contributed by atoms with Gasteiger partial charge in [-0.25, -0.2) is 5.48 Å². The number of hydrogen-bond acceptors (Lipinski definition) is 6. The Hall–Kier alpha value is -4.49. The average Bonchev–Trinajstić information content (AvgIpc) is 2.95. The van der Waals surface area contributed by atoms with Crippen LogP contribution in [0.5, 0.6) is 0 Å². The van der Waals surface area contributed by atoms with Crippen LogP contribution in [0.15, 0.2) is 72.8 Å². The number of nitrogens with two attached hydrogens (primary N) is 1. The maximum absolute atomic E-state index is 12.3. The second-order valence-electron chi connectivity index (χ2n) is 10.2. The summed E-state index contributed by atoms with van der Waals surface area (Å²) in [4.78, 5) is 36.1. The normalized spacial score (nSPS) is 11.5. The summed E-state index contributed by atoms with van der Waals surface area (Å²) in [5.41, 5.74) is 11.9. The summed E-state index contributed by atoms with van der Waals surface area (Å²) in [5, 5.41) is 17.2. The molecule has 0 fully saturated rings. The first-order chi connectivity index (χ1) is 19.1. The fraction of sp³-hybridized carbons (Fsp3) is 0.258. The third-order valence-electron chi connectivity index (χ3n) is 6.07. The molecule has 0 saturated heterocycles. The molecule has 9 heteroatoms. The summed E-state index contributed by atoms with van der Waals surface area (Å²) in [5.74, 6) is 4.64. The van der Waals surface area contributed by atoms with Crippen molar-refractivity contribution in [3.63, 3.8) is 0 Å². The third kappa shape index (κ3) is 9.06. The van der Waals surface area contributed by atoms with E-state index >= 15 is 0 Å². The molecule has 0 aliphatic heterocycles. The summed E-state index contributed by atoms with van der Waals surface area (Å²) < 4.78 is 0. The maximum Gasteiger partial charge on any atom is 0.267 e. The van der Waals surface area contributed by atoms with Crippen LogP contribution >= 0.6 is 0 Å². The van der Waals surface area contributed by atoms with Gasteiger partial charge in [0, 0.05) is 35.5 Å². The smallest absolute Gasteiger partial charge is 0.267 e. The fourth-order valence-corrected chi connectivity index (χ4v) is 3.69. The number of hydrogen-bond donors (Lipinski definition) is 6. The summed E-state index contributed by atoms with van der Waals surface area (Å²) in [7, 11) is 0.